The van der Waals surface area contributed by atoms with E-state index in [1.54, 1.807) is 0 Å². The highest BCUT2D eigenvalue weighted by Crippen LogP contribution is 2.17. The second-order valence-electron chi connectivity index (χ2n) is 4.40. The van der Waals surface area contributed by atoms with E-state index in [4.69, 9.17) is 0 Å². The Kier molecular flexibility index (Phi) is 5.29. The molecule has 0 aliphatic heterocycles. The predicted octanol–water partition coefficient (Wildman–Crippen LogP) is 2.24. The van der Waals surface area contributed by atoms with Gasteiger partial charge in [-0.3, -0.25) is 0 Å². The lowest BCUT2D eigenvalue weighted by Gasteiger charge is -2.26. The minimum Gasteiger partial charge on any atom is -0.395 e. The van der Waals surface area contributed by atoms with Crippen LogP contribution in [0.1, 0.15) is 32.0 Å². The van der Waals surface area contributed by atoms with Crippen molar-refractivity contribution in [3.8, 4) is 0 Å². The van der Waals surface area contributed by atoms with Crippen LogP contribution in [0, 0.1) is 5.92 Å². The van der Waals surface area contributed by atoms with Crippen LogP contribution in [0.15, 0.2) is 31.0 Å². The van der Waals surface area contributed by atoms with E-state index in [0.717, 1.165) is 12.1 Å². The van der Waals surface area contributed by atoms with Gasteiger partial charge in [-0.1, -0.05) is 19.9 Å². The van der Waals surface area contributed by atoms with Crippen LogP contribution in [0.3, 0.4) is 0 Å². The maximum absolute atomic E-state index is 9.31. The third kappa shape index (κ3) is 3.51. The molecule has 3 heteroatoms. The molecule has 0 spiro atoms. The molecule has 0 aromatic carbocycles. The normalized spacial score (nSPS) is 15.0. The van der Waals surface area contributed by atoms with Crippen molar-refractivity contribution in [2.75, 3.05) is 6.61 Å². The molecule has 0 bridgehead atoms. The highest BCUT2D eigenvalue weighted by Gasteiger charge is 2.18. The molecule has 3 N–H and O–H groups in total. The molecular weight excluding hydrogens is 200 g/mol. The number of rotatable bonds is 7. The zero-order chi connectivity index (χ0) is 12.0. The van der Waals surface area contributed by atoms with Gasteiger partial charge in [-0.15, -0.1) is 6.58 Å². The number of nitrogens with one attached hydrogen (secondary N) is 2. The van der Waals surface area contributed by atoms with E-state index in [9.17, 15) is 5.11 Å². The number of hydrogen-bond donors (Lipinski definition) is 3. The molecule has 3 nitrogen and oxygen atoms in total. The molecule has 1 heterocycles. The van der Waals surface area contributed by atoms with Gasteiger partial charge in [-0.25, -0.2) is 0 Å². The minimum atomic E-state index is 0.119. The van der Waals surface area contributed by atoms with E-state index in [1.165, 1.54) is 0 Å². The summed E-state index contributed by atoms with van der Waals surface area (Å²) in [5, 5.41) is 12.8. The summed E-state index contributed by atoms with van der Waals surface area (Å²) in [7, 11) is 0. The van der Waals surface area contributed by atoms with Crippen molar-refractivity contribution in [1.82, 2.24) is 10.3 Å². The van der Waals surface area contributed by atoms with Crippen molar-refractivity contribution in [1.29, 1.82) is 0 Å². The average molecular weight is 222 g/mol. The molecule has 0 aliphatic carbocycles. The fraction of sp³-hybridized carbons (Fsp3) is 0.538. The van der Waals surface area contributed by atoms with Crippen molar-refractivity contribution in [3.05, 3.63) is 36.7 Å². The van der Waals surface area contributed by atoms with Crippen LogP contribution in [-0.2, 0) is 0 Å². The molecule has 0 radical (unpaired) electrons. The van der Waals surface area contributed by atoms with Crippen molar-refractivity contribution in [3.63, 3.8) is 0 Å². The highest BCUT2D eigenvalue weighted by atomic mass is 16.3. The molecule has 0 amide bonds. The van der Waals surface area contributed by atoms with Gasteiger partial charge in [-0.05, 0) is 24.5 Å². The number of aliphatic hydroxyl groups is 1. The van der Waals surface area contributed by atoms with Crippen LogP contribution < -0.4 is 5.32 Å². The number of aromatic nitrogens is 1. The maximum atomic E-state index is 9.31. The molecule has 1 aromatic heterocycles. The molecule has 0 fully saturated rings. The average Bonchev–Trinajstić information content (AvgIpc) is 2.76. The summed E-state index contributed by atoms with van der Waals surface area (Å²) in [5.74, 6) is 0.410. The first kappa shape index (κ1) is 13.0. The standard InChI is InChI=1S/C13H22N2O/c1-4-6-12(11-7-5-8-14-11)15-13(9-16)10(2)3/h4-5,7-8,10,12-16H,1,6,9H2,2-3H3/t12-,13+/m0/s1. The topological polar surface area (TPSA) is 48.0 Å². The Hall–Kier alpha value is -1.06. The zero-order valence-electron chi connectivity index (χ0n) is 10.1. The third-order valence-electron chi connectivity index (χ3n) is 2.82. The molecule has 0 aliphatic rings. The fourth-order valence-corrected chi connectivity index (χ4v) is 1.73. The summed E-state index contributed by atoms with van der Waals surface area (Å²) >= 11 is 0. The molecule has 0 saturated heterocycles. The van der Waals surface area contributed by atoms with Crippen LogP contribution >= 0.6 is 0 Å². The van der Waals surface area contributed by atoms with E-state index >= 15 is 0 Å². The van der Waals surface area contributed by atoms with Crippen LogP contribution in [0.25, 0.3) is 0 Å². The van der Waals surface area contributed by atoms with Crippen LogP contribution in [0.5, 0.6) is 0 Å². The molecule has 1 aromatic rings. The Morgan fingerprint density at radius 3 is 2.75 bits per heavy atom. The molecule has 0 saturated carbocycles. The van der Waals surface area contributed by atoms with Gasteiger partial charge in [0, 0.05) is 17.9 Å². The highest BCUT2D eigenvalue weighted by molar-refractivity contribution is 5.10. The van der Waals surface area contributed by atoms with Gasteiger partial charge in [0.2, 0.25) is 0 Å². The zero-order valence-corrected chi connectivity index (χ0v) is 10.1. The first-order valence-electron chi connectivity index (χ1n) is 5.80. The van der Waals surface area contributed by atoms with Gasteiger partial charge in [0.1, 0.15) is 0 Å². The van der Waals surface area contributed by atoms with E-state index < -0.39 is 0 Å². The lowest BCUT2D eigenvalue weighted by molar-refractivity contribution is 0.198. The van der Waals surface area contributed by atoms with Gasteiger partial charge < -0.3 is 15.4 Å². The van der Waals surface area contributed by atoms with Crippen molar-refractivity contribution in [2.24, 2.45) is 5.92 Å². The van der Waals surface area contributed by atoms with Gasteiger partial charge in [0.05, 0.1) is 12.6 Å². The van der Waals surface area contributed by atoms with Crippen LogP contribution in [0.2, 0.25) is 0 Å². The Morgan fingerprint density at radius 1 is 1.56 bits per heavy atom. The Balaban J connectivity index is 2.67. The maximum Gasteiger partial charge on any atom is 0.0587 e. The first-order valence-corrected chi connectivity index (χ1v) is 5.80. The SMILES string of the molecule is C=CC[C@H](N[C@H](CO)C(C)C)c1ccc[nH]1. The first-order chi connectivity index (χ1) is 7.69. The molecular formula is C13H22N2O. The molecule has 2 atom stereocenters. The predicted molar refractivity (Wildman–Crippen MR) is 67.2 cm³/mol. The lowest BCUT2D eigenvalue weighted by atomic mass is 10.0. The molecule has 1 rings (SSSR count). The van der Waals surface area contributed by atoms with Gasteiger partial charge >= 0.3 is 0 Å². The number of aromatic amines is 1. The summed E-state index contributed by atoms with van der Waals surface area (Å²) in [6.07, 6.45) is 4.66. The second-order valence-corrected chi connectivity index (χ2v) is 4.40. The van der Waals surface area contributed by atoms with Crippen LogP contribution in [0.4, 0.5) is 0 Å². The molecule has 90 valence electrons. The van der Waals surface area contributed by atoms with Crippen LogP contribution in [-0.4, -0.2) is 22.7 Å². The Bertz CT molecular complexity index is 293. The molecule has 16 heavy (non-hydrogen) atoms. The monoisotopic (exact) mass is 222 g/mol. The van der Waals surface area contributed by atoms with Gasteiger partial charge in [0.15, 0.2) is 0 Å². The lowest BCUT2D eigenvalue weighted by Crippen LogP contribution is -2.39. The van der Waals surface area contributed by atoms with Gasteiger partial charge in [-0.2, -0.15) is 0 Å². The summed E-state index contributed by atoms with van der Waals surface area (Å²) in [4.78, 5) is 3.20. The second kappa shape index (κ2) is 6.51. The smallest absolute Gasteiger partial charge is 0.0587 e. The van der Waals surface area contributed by atoms with Crippen molar-refractivity contribution < 1.29 is 5.11 Å². The largest absolute Gasteiger partial charge is 0.395 e. The summed E-state index contributed by atoms with van der Waals surface area (Å²) < 4.78 is 0. The third-order valence-corrected chi connectivity index (χ3v) is 2.82. The van der Waals surface area contributed by atoms with E-state index in [1.807, 2.05) is 18.3 Å². The van der Waals surface area contributed by atoms with E-state index in [-0.39, 0.29) is 18.7 Å². The summed E-state index contributed by atoms with van der Waals surface area (Å²) in [6.45, 7) is 8.14. The van der Waals surface area contributed by atoms with Gasteiger partial charge in [0.25, 0.3) is 0 Å². The quantitative estimate of drug-likeness (QED) is 0.620. The summed E-state index contributed by atoms with van der Waals surface area (Å²) in [6, 6.07) is 4.35. The van der Waals surface area contributed by atoms with E-state index in [2.05, 4.69) is 36.8 Å². The summed E-state index contributed by atoms with van der Waals surface area (Å²) in [5.41, 5.74) is 1.14. The number of H-pyrrole nitrogens is 1. The number of aliphatic hydroxyl groups excluding tert-OH is 1. The fourth-order valence-electron chi connectivity index (χ4n) is 1.73. The Labute approximate surface area is 97.6 Å². The Morgan fingerprint density at radius 2 is 2.31 bits per heavy atom. The molecule has 0 unspecified atom stereocenters. The number of hydrogen-bond acceptors (Lipinski definition) is 2. The minimum absolute atomic E-state index is 0.119. The van der Waals surface area contributed by atoms with Crippen molar-refractivity contribution in [2.45, 2.75) is 32.4 Å². The van der Waals surface area contributed by atoms with E-state index in [0.29, 0.717) is 5.92 Å². The van der Waals surface area contributed by atoms with Crippen molar-refractivity contribution >= 4 is 0 Å².